The van der Waals surface area contributed by atoms with E-state index in [9.17, 15) is 33.5 Å². The van der Waals surface area contributed by atoms with Gasteiger partial charge in [-0.25, -0.2) is 14.1 Å². The predicted molar refractivity (Wildman–Crippen MR) is 150 cm³/mol. The van der Waals surface area contributed by atoms with E-state index in [4.69, 9.17) is 27.9 Å². The number of aliphatic hydroxyl groups excluding tert-OH is 1. The van der Waals surface area contributed by atoms with E-state index in [1.54, 1.807) is 30.3 Å². The van der Waals surface area contributed by atoms with Crippen molar-refractivity contribution in [1.29, 1.82) is 0 Å². The number of methoxy groups -OCH3 is 1. The van der Waals surface area contributed by atoms with Crippen LogP contribution in [0.1, 0.15) is 24.3 Å². The van der Waals surface area contributed by atoms with Crippen molar-refractivity contribution in [3.8, 4) is 5.75 Å². The summed E-state index contributed by atoms with van der Waals surface area (Å²) < 4.78 is 24.3. The van der Waals surface area contributed by atoms with Crippen molar-refractivity contribution < 1.29 is 42.9 Å². The van der Waals surface area contributed by atoms with Gasteiger partial charge in [-0.05, 0) is 49.1 Å². The third kappa shape index (κ3) is 3.98. The summed E-state index contributed by atoms with van der Waals surface area (Å²) in [5.41, 5.74) is 0.907. The molecule has 0 spiro atoms. The van der Waals surface area contributed by atoms with Crippen molar-refractivity contribution in [2.75, 3.05) is 25.2 Å². The minimum atomic E-state index is -2.15. The molecule has 13 heteroatoms. The van der Waals surface area contributed by atoms with Gasteiger partial charge < -0.3 is 14.6 Å². The van der Waals surface area contributed by atoms with E-state index >= 15 is 0 Å². The number of fused-ring (bicyclic) bond motifs is 4. The number of alkyl halides is 2. The summed E-state index contributed by atoms with van der Waals surface area (Å²) in [5, 5.41) is 9.43. The van der Waals surface area contributed by atoms with Crippen molar-refractivity contribution in [2.45, 2.75) is 28.5 Å². The Bertz CT molecular complexity index is 1600. The quantitative estimate of drug-likeness (QED) is 0.302. The zero-order chi connectivity index (χ0) is 30.8. The zero-order valence-electron chi connectivity index (χ0n) is 22.7. The Kier molecular flexibility index (Phi) is 7.10. The summed E-state index contributed by atoms with van der Waals surface area (Å²) >= 11 is 14.6. The van der Waals surface area contributed by atoms with E-state index < -0.39 is 69.0 Å². The molecule has 4 aliphatic rings. The highest BCUT2D eigenvalue weighted by Crippen LogP contribution is 2.66. The highest BCUT2D eigenvalue weighted by molar-refractivity contribution is 6.58. The van der Waals surface area contributed by atoms with Crippen LogP contribution in [0.25, 0.3) is 0 Å². The van der Waals surface area contributed by atoms with Gasteiger partial charge >= 0.3 is 6.09 Å². The molecule has 3 fully saturated rings. The molecule has 6 unspecified atom stereocenters. The first kappa shape index (κ1) is 29.3. The molecule has 6 atom stereocenters. The number of hydrogen-bond acceptors (Lipinski definition) is 8. The number of hydrogen-bond donors (Lipinski definition) is 1. The lowest BCUT2D eigenvalue weighted by Gasteiger charge is -2.50. The Morgan fingerprint density at radius 2 is 1.72 bits per heavy atom. The average molecular weight is 631 g/mol. The van der Waals surface area contributed by atoms with Crippen LogP contribution in [-0.4, -0.2) is 69.8 Å². The van der Waals surface area contributed by atoms with Crippen molar-refractivity contribution in [3.63, 3.8) is 0 Å². The fourth-order valence-corrected chi connectivity index (χ4v) is 7.95. The molecule has 10 nitrogen and oxygen atoms in total. The molecule has 0 radical (unpaired) electrons. The van der Waals surface area contributed by atoms with Crippen LogP contribution in [0.2, 0.25) is 0 Å². The molecule has 0 aromatic heterocycles. The van der Waals surface area contributed by atoms with E-state index in [2.05, 4.69) is 4.74 Å². The molecule has 43 heavy (non-hydrogen) atoms. The molecule has 2 aromatic rings. The van der Waals surface area contributed by atoms with E-state index in [0.29, 0.717) is 16.0 Å². The number of imide groups is 4. The van der Waals surface area contributed by atoms with Crippen molar-refractivity contribution >= 4 is 58.6 Å². The summed E-state index contributed by atoms with van der Waals surface area (Å²) in [7, 11) is 1.05. The highest BCUT2D eigenvalue weighted by Gasteiger charge is 2.77. The van der Waals surface area contributed by atoms with Crippen LogP contribution in [0.15, 0.2) is 60.2 Å². The van der Waals surface area contributed by atoms with E-state index in [1.165, 1.54) is 12.1 Å². The second-order valence-electron chi connectivity index (χ2n) is 10.8. The molecular formula is C30H25Cl2FN2O8. The molecule has 2 saturated heterocycles. The van der Waals surface area contributed by atoms with Gasteiger partial charge in [-0.1, -0.05) is 29.8 Å². The molecule has 2 heterocycles. The highest BCUT2D eigenvalue weighted by atomic mass is 35.5. The molecule has 2 aliphatic carbocycles. The topological polar surface area (TPSA) is 131 Å². The number of carbonyl (C=O) groups excluding carboxylic acids is 5. The lowest BCUT2D eigenvalue weighted by atomic mass is 9.56. The molecular weight excluding hydrogens is 606 g/mol. The largest absolute Gasteiger partial charge is 0.491 e. The average Bonchev–Trinajstić information content (AvgIpc) is 3.34. The number of ether oxygens (including phenoxy) is 2. The fraction of sp³-hybridized carbons (Fsp3) is 0.367. The second kappa shape index (κ2) is 10.4. The predicted octanol–water partition coefficient (Wildman–Crippen LogP) is 3.53. The molecule has 6 rings (SSSR count). The van der Waals surface area contributed by atoms with Crippen molar-refractivity contribution in [3.05, 3.63) is 71.6 Å². The van der Waals surface area contributed by atoms with Crippen LogP contribution >= 0.6 is 23.2 Å². The number of anilines is 1. The molecule has 2 aliphatic heterocycles. The Balaban J connectivity index is 1.56. The van der Waals surface area contributed by atoms with Gasteiger partial charge in [-0.2, -0.15) is 4.90 Å². The first-order valence-corrected chi connectivity index (χ1v) is 14.3. The van der Waals surface area contributed by atoms with E-state index in [-0.39, 0.29) is 37.5 Å². The third-order valence-corrected chi connectivity index (χ3v) is 10.2. The Morgan fingerprint density at radius 1 is 1.02 bits per heavy atom. The van der Waals surface area contributed by atoms with E-state index in [1.807, 2.05) is 0 Å². The molecule has 224 valence electrons. The second-order valence-corrected chi connectivity index (χ2v) is 12.1. The maximum atomic E-state index is 14.4. The van der Waals surface area contributed by atoms with Crippen molar-refractivity contribution in [1.82, 2.24) is 4.90 Å². The number of likely N-dealkylation sites (tertiary alicyclic amines) is 1. The van der Waals surface area contributed by atoms with Gasteiger partial charge in [0.25, 0.3) is 11.8 Å². The lowest BCUT2D eigenvalue weighted by molar-refractivity contribution is -0.138. The number of amides is 5. The van der Waals surface area contributed by atoms with Crippen LogP contribution in [0.5, 0.6) is 5.75 Å². The number of para-hydroxylation sites is 1. The Hall–Kier alpha value is -3.80. The Morgan fingerprint density at radius 3 is 2.40 bits per heavy atom. The van der Waals surface area contributed by atoms with Gasteiger partial charge in [0.1, 0.15) is 18.2 Å². The molecule has 1 N–H and O–H groups in total. The SMILES string of the molecule is COC(=O)N1C(=O)C2CC=C3C(CC4(Cl)C(=O)N(c5ccc(F)cc5)C(=O)C4(Cl)C3c3ccccc3OCCO)C2C1=O. The van der Waals surface area contributed by atoms with Gasteiger partial charge in [0, 0.05) is 11.5 Å². The standard InChI is InChI=1S/C30H25Cl2FN2O8/c1-42-28(41)35-24(37)19-11-10-17-20(22(19)25(35)38)14-29(31)26(39)34(16-8-6-15(33)7-9-16)27(40)30(29,32)23(17)18-4-2-3-5-21(18)43-13-12-36/h2-10,19-20,22-23,36H,11-14H2,1H3. The summed E-state index contributed by atoms with van der Waals surface area (Å²) in [6.45, 7) is -0.400. The number of benzene rings is 2. The number of halogens is 3. The third-order valence-electron chi connectivity index (χ3n) is 8.83. The fourth-order valence-electron chi connectivity index (χ4n) is 7.02. The Labute approximate surface area is 254 Å². The van der Waals surface area contributed by atoms with Crippen LogP contribution in [0.3, 0.4) is 0 Å². The molecule has 1 saturated carbocycles. The minimum Gasteiger partial charge on any atom is -0.491 e. The maximum absolute atomic E-state index is 14.4. The van der Waals surface area contributed by atoms with Crippen molar-refractivity contribution in [2.24, 2.45) is 17.8 Å². The van der Waals surface area contributed by atoms with Gasteiger partial charge in [-0.3, -0.25) is 19.2 Å². The molecule has 5 amide bonds. The number of aliphatic hydroxyl groups is 1. The minimum absolute atomic E-state index is 0.0493. The van der Waals surface area contributed by atoms with Gasteiger partial charge in [0.05, 0.1) is 31.2 Å². The van der Waals surface area contributed by atoms with Crippen LogP contribution in [0.4, 0.5) is 14.9 Å². The first-order chi connectivity index (χ1) is 20.5. The smallest absolute Gasteiger partial charge is 0.423 e. The first-order valence-electron chi connectivity index (χ1n) is 13.5. The van der Waals surface area contributed by atoms with Crippen LogP contribution in [0, 0.1) is 23.6 Å². The summed E-state index contributed by atoms with van der Waals surface area (Å²) in [6, 6.07) is 11.3. The zero-order valence-corrected chi connectivity index (χ0v) is 24.2. The number of rotatable bonds is 5. The maximum Gasteiger partial charge on any atom is 0.423 e. The lowest BCUT2D eigenvalue weighted by Crippen LogP contribution is -2.60. The van der Waals surface area contributed by atoms with Crippen LogP contribution in [-0.2, 0) is 23.9 Å². The normalized spacial score (nSPS) is 31.4. The monoisotopic (exact) mass is 630 g/mol. The summed E-state index contributed by atoms with van der Waals surface area (Å²) in [4.78, 5) is 64.8. The number of allylic oxidation sites excluding steroid dienone is 2. The summed E-state index contributed by atoms with van der Waals surface area (Å²) in [5.74, 6) is -7.61. The van der Waals surface area contributed by atoms with Gasteiger partial charge in [0.2, 0.25) is 11.8 Å². The number of nitrogens with zero attached hydrogens (tertiary/aromatic N) is 2. The van der Waals surface area contributed by atoms with Gasteiger partial charge in [0.15, 0.2) is 9.75 Å². The van der Waals surface area contributed by atoms with Gasteiger partial charge in [-0.15, -0.1) is 23.2 Å². The van der Waals surface area contributed by atoms with E-state index in [0.717, 1.165) is 24.1 Å². The molecule has 0 bridgehead atoms. The van der Waals surface area contributed by atoms with Crippen LogP contribution < -0.4 is 9.64 Å². The summed E-state index contributed by atoms with van der Waals surface area (Å²) in [6.07, 6.45) is 0.335. The molecule has 2 aromatic carbocycles. The number of carbonyl (C=O) groups is 5.